The Kier molecular flexibility index (Phi) is 10.1. The molecule has 3 rings (SSSR count). The Balaban J connectivity index is 1.78. The van der Waals surface area contributed by atoms with Crippen molar-refractivity contribution in [1.29, 1.82) is 0 Å². The van der Waals surface area contributed by atoms with Crippen molar-refractivity contribution in [1.82, 2.24) is 10.3 Å². The van der Waals surface area contributed by atoms with Gasteiger partial charge in [-0.25, -0.2) is 13.8 Å². The van der Waals surface area contributed by atoms with E-state index in [2.05, 4.69) is 29.5 Å². The summed E-state index contributed by atoms with van der Waals surface area (Å²) in [6.45, 7) is 5.01. The number of hydrogen-bond acceptors (Lipinski definition) is 8. The molecule has 8 nitrogen and oxygen atoms in total. The molecule has 1 aromatic carbocycles. The van der Waals surface area contributed by atoms with Gasteiger partial charge in [-0.1, -0.05) is 13.8 Å². The van der Waals surface area contributed by atoms with Gasteiger partial charge in [0.1, 0.15) is 35.6 Å². The van der Waals surface area contributed by atoms with E-state index in [0.29, 0.717) is 28.4 Å². The number of carbonyl (C=O) groups excluding carboxylic acids is 1. The van der Waals surface area contributed by atoms with E-state index in [-0.39, 0.29) is 24.9 Å². The van der Waals surface area contributed by atoms with Crippen LogP contribution in [0.25, 0.3) is 0 Å². The second-order valence-electron chi connectivity index (χ2n) is 9.19. The van der Waals surface area contributed by atoms with Gasteiger partial charge in [-0.15, -0.1) is 0 Å². The zero-order chi connectivity index (χ0) is 26.2. The number of hydrogen-bond donors (Lipinski definition) is 3. The minimum Gasteiger partial charge on any atom is -0.491 e. The third kappa shape index (κ3) is 8.79. The molecule has 1 aliphatic carbocycles. The Morgan fingerprint density at radius 1 is 1.19 bits per heavy atom. The van der Waals surface area contributed by atoms with Gasteiger partial charge in [0.15, 0.2) is 0 Å². The zero-order valence-corrected chi connectivity index (χ0v) is 21.9. The molecule has 1 aliphatic rings. The highest BCUT2D eigenvalue weighted by Crippen LogP contribution is 2.30. The molecule has 1 aromatic heterocycles. The Morgan fingerprint density at radius 3 is 2.50 bits per heavy atom. The van der Waals surface area contributed by atoms with Crippen LogP contribution in [0.5, 0.6) is 5.75 Å². The summed E-state index contributed by atoms with van der Waals surface area (Å²) in [6.07, 6.45) is 2.38. The third-order valence-electron chi connectivity index (χ3n) is 5.49. The number of carbonyl (C=O) groups is 1. The summed E-state index contributed by atoms with van der Waals surface area (Å²) in [4.78, 5) is 18.0. The standard InChI is InChI=1S/C25H35F2N5O3S/c1-15(2)36-32(3)24-8-17(7-23(31-24)29-12-16-5-6-16)25(33)30-22(21(28)13-34-4)14-35-20-10-18(26)9-19(27)11-20/h7-11,15-16,21-22H,5-6,12-14,28H2,1-4H3,(H,29,31)(H,30,33)/t21-,22-/m0/s1. The van der Waals surface area contributed by atoms with Gasteiger partial charge in [0.05, 0.1) is 18.7 Å². The predicted molar refractivity (Wildman–Crippen MR) is 140 cm³/mol. The van der Waals surface area contributed by atoms with E-state index < -0.39 is 23.7 Å². The number of ether oxygens (including phenoxy) is 2. The molecule has 36 heavy (non-hydrogen) atoms. The summed E-state index contributed by atoms with van der Waals surface area (Å²) < 4.78 is 39.7. The Hall–Kier alpha value is -2.63. The van der Waals surface area contributed by atoms with Crippen LogP contribution < -0.4 is 25.4 Å². The average molecular weight is 524 g/mol. The lowest BCUT2D eigenvalue weighted by Crippen LogP contribution is -2.53. The number of anilines is 2. The molecule has 0 spiro atoms. The fraction of sp³-hybridized carbons (Fsp3) is 0.520. The topological polar surface area (TPSA) is 102 Å². The number of halogens is 2. The van der Waals surface area contributed by atoms with Gasteiger partial charge in [-0.05, 0) is 42.8 Å². The molecular weight excluding hydrogens is 488 g/mol. The maximum atomic E-state index is 13.5. The van der Waals surface area contributed by atoms with E-state index in [4.69, 9.17) is 15.2 Å². The zero-order valence-electron chi connectivity index (χ0n) is 21.1. The van der Waals surface area contributed by atoms with Crippen LogP contribution in [0.1, 0.15) is 37.0 Å². The molecule has 1 amide bonds. The smallest absolute Gasteiger partial charge is 0.251 e. The molecule has 1 fully saturated rings. The quantitative estimate of drug-likeness (QED) is 0.321. The lowest BCUT2D eigenvalue weighted by molar-refractivity contribution is 0.0883. The van der Waals surface area contributed by atoms with Crippen LogP contribution in [0.15, 0.2) is 30.3 Å². The lowest BCUT2D eigenvalue weighted by Gasteiger charge is -2.25. The van der Waals surface area contributed by atoms with Gasteiger partial charge in [0, 0.05) is 49.7 Å². The maximum absolute atomic E-state index is 13.5. The van der Waals surface area contributed by atoms with Crippen molar-refractivity contribution in [3.8, 4) is 5.75 Å². The first-order valence-corrected chi connectivity index (χ1v) is 12.8. The fourth-order valence-electron chi connectivity index (χ4n) is 3.47. The highest BCUT2D eigenvalue weighted by molar-refractivity contribution is 8.01. The molecule has 11 heteroatoms. The largest absolute Gasteiger partial charge is 0.491 e. The number of amides is 1. The second-order valence-corrected chi connectivity index (χ2v) is 10.9. The van der Waals surface area contributed by atoms with E-state index in [1.807, 2.05) is 11.4 Å². The van der Waals surface area contributed by atoms with Gasteiger partial charge in [0.25, 0.3) is 5.91 Å². The molecule has 4 N–H and O–H groups in total. The summed E-state index contributed by atoms with van der Waals surface area (Å²) in [5.74, 6) is 0.00472. The van der Waals surface area contributed by atoms with Crippen molar-refractivity contribution in [3.05, 3.63) is 47.5 Å². The van der Waals surface area contributed by atoms with Crippen LogP contribution in [0.3, 0.4) is 0 Å². The summed E-state index contributed by atoms with van der Waals surface area (Å²) in [7, 11) is 3.40. The van der Waals surface area contributed by atoms with E-state index in [0.717, 1.165) is 24.7 Å². The molecule has 0 bridgehead atoms. The molecule has 0 unspecified atom stereocenters. The number of pyridine rings is 1. The van der Waals surface area contributed by atoms with Crippen LogP contribution in [0.2, 0.25) is 0 Å². The van der Waals surface area contributed by atoms with Crippen LogP contribution in [0.4, 0.5) is 20.4 Å². The summed E-state index contributed by atoms with van der Waals surface area (Å²) >= 11 is 1.60. The molecular formula is C25H35F2N5O3S. The minimum absolute atomic E-state index is 0.00135. The number of nitrogens with two attached hydrogens (primary N) is 1. The molecule has 2 atom stereocenters. The van der Waals surface area contributed by atoms with Gasteiger partial charge >= 0.3 is 0 Å². The summed E-state index contributed by atoms with van der Waals surface area (Å²) in [5.41, 5.74) is 6.63. The summed E-state index contributed by atoms with van der Waals surface area (Å²) in [6, 6.07) is 5.01. The van der Waals surface area contributed by atoms with Crippen molar-refractivity contribution < 1.29 is 23.0 Å². The molecule has 1 saturated carbocycles. The first kappa shape index (κ1) is 27.9. The second kappa shape index (κ2) is 13.1. The van der Waals surface area contributed by atoms with Gasteiger partial charge in [-0.3, -0.25) is 4.79 Å². The molecule has 0 aliphatic heterocycles. The Bertz CT molecular complexity index is 1000. The number of nitrogens with zero attached hydrogens (tertiary/aromatic N) is 2. The van der Waals surface area contributed by atoms with Crippen LogP contribution in [-0.2, 0) is 4.74 Å². The van der Waals surface area contributed by atoms with E-state index in [1.54, 1.807) is 24.1 Å². The minimum atomic E-state index is -0.759. The molecule has 2 aromatic rings. The molecule has 1 heterocycles. The van der Waals surface area contributed by atoms with Crippen molar-refractivity contribution in [3.63, 3.8) is 0 Å². The average Bonchev–Trinajstić information content (AvgIpc) is 3.63. The lowest BCUT2D eigenvalue weighted by atomic mass is 10.1. The monoisotopic (exact) mass is 523 g/mol. The number of rotatable bonds is 14. The van der Waals surface area contributed by atoms with Gasteiger partial charge < -0.3 is 30.1 Å². The fourth-order valence-corrected chi connectivity index (χ4v) is 4.30. The van der Waals surface area contributed by atoms with Crippen molar-refractivity contribution in [2.45, 2.75) is 44.0 Å². The normalized spacial score (nSPS) is 14.9. The number of nitrogens with one attached hydrogen (secondary N) is 2. The van der Waals surface area contributed by atoms with E-state index >= 15 is 0 Å². The van der Waals surface area contributed by atoms with Gasteiger partial charge in [-0.2, -0.15) is 0 Å². The Labute approximate surface area is 215 Å². The molecule has 198 valence electrons. The number of benzene rings is 1. The number of methoxy groups -OCH3 is 1. The van der Waals surface area contributed by atoms with Crippen LogP contribution in [-0.4, -0.2) is 62.1 Å². The molecule has 0 radical (unpaired) electrons. The van der Waals surface area contributed by atoms with Crippen molar-refractivity contribution in [2.75, 3.05) is 43.5 Å². The van der Waals surface area contributed by atoms with Crippen molar-refractivity contribution in [2.24, 2.45) is 11.7 Å². The van der Waals surface area contributed by atoms with Crippen LogP contribution >= 0.6 is 11.9 Å². The molecule has 0 saturated heterocycles. The van der Waals surface area contributed by atoms with Crippen LogP contribution in [0, 0.1) is 17.6 Å². The highest BCUT2D eigenvalue weighted by Gasteiger charge is 2.24. The van der Waals surface area contributed by atoms with E-state index in [1.165, 1.54) is 20.0 Å². The third-order valence-corrected chi connectivity index (χ3v) is 6.42. The first-order valence-electron chi connectivity index (χ1n) is 11.9. The first-order chi connectivity index (χ1) is 17.1. The Morgan fingerprint density at radius 2 is 1.89 bits per heavy atom. The predicted octanol–water partition coefficient (Wildman–Crippen LogP) is 3.83. The van der Waals surface area contributed by atoms with Crippen molar-refractivity contribution >= 4 is 29.5 Å². The number of aromatic nitrogens is 1. The summed E-state index contributed by atoms with van der Waals surface area (Å²) in [5, 5.41) is 6.56. The maximum Gasteiger partial charge on any atom is 0.251 e. The van der Waals surface area contributed by atoms with E-state index in [9.17, 15) is 13.6 Å². The van der Waals surface area contributed by atoms with Gasteiger partial charge in [0.2, 0.25) is 0 Å². The highest BCUT2D eigenvalue weighted by atomic mass is 32.2. The SMILES string of the molecule is COC[C@H](N)[C@H](COc1cc(F)cc(F)c1)NC(=O)c1cc(NCC2CC2)nc(N(C)SC(C)C)c1.